The molecule has 1 N–H and O–H groups in total. The zero-order valence-corrected chi connectivity index (χ0v) is 15.0. The van der Waals surface area contributed by atoms with Gasteiger partial charge < -0.3 is 10.2 Å². The number of carbonyl (C=O) groups is 1. The average molecular weight is 391 g/mol. The fraction of sp³-hybridized carbons (Fsp3) is 0.211. The Kier molecular flexibility index (Phi) is 6.26. The van der Waals surface area contributed by atoms with Crippen molar-refractivity contribution in [1.29, 1.82) is 0 Å². The molecular weight excluding hydrogens is 375 g/mol. The molecule has 146 valence electrons. The minimum Gasteiger partial charge on any atom is -0.377 e. The number of nitrogens with one attached hydrogen (secondary N) is 1. The van der Waals surface area contributed by atoms with E-state index in [-0.39, 0.29) is 23.4 Å². The quantitative estimate of drug-likeness (QED) is 0.492. The number of non-ortho nitro benzene ring substituents is 1. The number of anilines is 1. The number of amides is 1. The van der Waals surface area contributed by atoms with Crippen LogP contribution in [0.1, 0.15) is 21.5 Å². The maximum Gasteiger partial charge on any atom is 0.416 e. The van der Waals surface area contributed by atoms with Crippen LogP contribution in [0.2, 0.25) is 0 Å². The largest absolute Gasteiger partial charge is 0.416 e. The Hall–Kier alpha value is -3.54. The Balaban J connectivity index is 2.13. The molecule has 9 heteroatoms. The summed E-state index contributed by atoms with van der Waals surface area (Å²) in [5, 5.41) is 13.4. The number of nitro benzene ring substituents is 1. The molecular formula is C19H16F3N3O3. The standard InChI is InChI=1S/C19H16F3N3O3/c1-24(2)17-9-8-15(25(27)28)12-16(17)18(26)23-10-4-6-13-5-3-7-14(11-13)19(20,21)22/h3,5,7-9,11-12H,10H2,1-2H3,(H,23,26). The number of hydrogen-bond acceptors (Lipinski definition) is 4. The summed E-state index contributed by atoms with van der Waals surface area (Å²) in [6, 6.07) is 8.44. The Morgan fingerprint density at radius 2 is 1.93 bits per heavy atom. The topological polar surface area (TPSA) is 75.5 Å². The van der Waals surface area contributed by atoms with Crippen LogP contribution in [0.3, 0.4) is 0 Å². The summed E-state index contributed by atoms with van der Waals surface area (Å²) in [5.41, 5.74) is -0.302. The fourth-order valence-corrected chi connectivity index (χ4v) is 2.35. The van der Waals surface area contributed by atoms with E-state index in [0.29, 0.717) is 5.69 Å². The summed E-state index contributed by atoms with van der Waals surface area (Å²) < 4.78 is 38.1. The molecule has 0 fully saturated rings. The van der Waals surface area contributed by atoms with E-state index >= 15 is 0 Å². The molecule has 0 unspecified atom stereocenters. The molecule has 2 aromatic rings. The van der Waals surface area contributed by atoms with Crippen LogP contribution in [-0.4, -0.2) is 31.5 Å². The Labute approximate surface area is 159 Å². The van der Waals surface area contributed by atoms with Crippen LogP contribution >= 0.6 is 0 Å². The minimum absolute atomic E-state index is 0.0973. The van der Waals surface area contributed by atoms with E-state index in [9.17, 15) is 28.1 Å². The number of halogens is 3. The van der Waals surface area contributed by atoms with Crippen molar-refractivity contribution < 1.29 is 22.9 Å². The molecule has 0 bridgehead atoms. The number of rotatable bonds is 4. The Morgan fingerprint density at radius 3 is 2.54 bits per heavy atom. The Morgan fingerprint density at radius 1 is 1.21 bits per heavy atom. The lowest BCUT2D eigenvalue weighted by Gasteiger charge is -2.16. The fourth-order valence-electron chi connectivity index (χ4n) is 2.35. The van der Waals surface area contributed by atoms with E-state index in [2.05, 4.69) is 17.2 Å². The first-order chi connectivity index (χ1) is 13.1. The van der Waals surface area contributed by atoms with Crippen LogP contribution < -0.4 is 10.2 Å². The van der Waals surface area contributed by atoms with Gasteiger partial charge in [-0.25, -0.2) is 0 Å². The van der Waals surface area contributed by atoms with Gasteiger partial charge in [-0.05, 0) is 24.3 Å². The summed E-state index contributed by atoms with van der Waals surface area (Å²) in [6.45, 7) is -0.134. The Bertz CT molecular complexity index is 960. The summed E-state index contributed by atoms with van der Waals surface area (Å²) >= 11 is 0. The average Bonchev–Trinajstić information content (AvgIpc) is 2.64. The molecule has 2 aromatic carbocycles. The normalized spacial score (nSPS) is 10.6. The maximum absolute atomic E-state index is 12.7. The van der Waals surface area contributed by atoms with Crippen molar-refractivity contribution in [2.75, 3.05) is 25.5 Å². The van der Waals surface area contributed by atoms with Crippen LogP contribution in [0.5, 0.6) is 0 Å². The van der Waals surface area contributed by atoms with Crippen molar-refractivity contribution in [3.05, 3.63) is 69.3 Å². The van der Waals surface area contributed by atoms with Crippen LogP contribution in [0.25, 0.3) is 0 Å². The van der Waals surface area contributed by atoms with Gasteiger partial charge in [0.05, 0.1) is 22.6 Å². The van der Waals surface area contributed by atoms with Gasteiger partial charge in [0.15, 0.2) is 0 Å². The molecule has 0 aromatic heterocycles. The molecule has 0 aliphatic rings. The molecule has 0 heterocycles. The third-order valence-corrected chi connectivity index (χ3v) is 3.68. The second-order valence-corrected chi connectivity index (χ2v) is 5.92. The first-order valence-corrected chi connectivity index (χ1v) is 7.99. The van der Waals surface area contributed by atoms with E-state index < -0.39 is 22.6 Å². The molecule has 0 saturated carbocycles. The number of carbonyl (C=O) groups excluding carboxylic acids is 1. The second-order valence-electron chi connectivity index (χ2n) is 5.92. The van der Waals surface area contributed by atoms with E-state index in [4.69, 9.17) is 0 Å². The molecule has 6 nitrogen and oxygen atoms in total. The van der Waals surface area contributed by atoms with Crippen molar-refractivity contribution >= 4 is 17.3 Å². The van der Waals surface area contributed by atoms with Gasteiger partial charge in [-0.15, -0.1) is 0 Å². The van der Waals surface area contributed by atoms with Gasteiger partial charge in [0.25, 0.3) is 11.6 Å². The lowest BCUT2D eigenvalue weighted by atomic mass is 10.1. The predicted molar refractivity (Wildman–Crippen MR) is 98.1 cm³/mol. The summed E-state index contributed by atoms with van der Waals surface area (Å²) in [4.78, 5) is 24.3. The van der Waals surface area contributed by atoms with Crippen molar-refractivity contribution in [1.82, 2.24) is 5.32 Å². The van der Waals surface area contributed by atoms with Crippen molar-refractivity contribution in [2.45, 2.75) is 6.18 Å². The van der Waals surface area contributed by atoms with Gasteiger partial charge in [0, 0.05) is 37.5 Å². The number of hydrogen-bond donors (Lipinski definition) is 1. The number of alkyl halides is 3. The molecule has 0 aliphatic heterocycles. The number of benzene rings is 2. The van der Waals surface area contributed by atoms with Crippen molar-refractivity contribution in [3.63, 3.8) is 0 Å². The van der Waals surface area contributed by atoms with Gasteiger partial charge in [0.2, 0.25) is 0 Å². The monoisotopic (exact) mass is 391 g/mol. The molecule has 0 saturated heterocycles. The lowest BCUT2D eigenvalue weighted by Crippen LogP contribution is -2.26. The van der Waals surface area contributed by atoms with Crippen LogP contribution in [0, 0.1) is 22.0 Å². The molecule has 2 rings (SSSR count). The maximum atomic E-state index is 12.7. The molecule has 0 radical (unpaired) electrons. The van der Waals surface area contributed by atoms with Gasteiger partial charge in [0.1, 0.15) is 0 Å². The van der Waals surface area contributed by atoms with Gasteiger partial charge in [-0.1, -0.05) is 17.9 Å². The van der Waals surface area contributed by atoms with Gasteiger partial charge >= 0.3 is 6.18 Å². The van der Waals surface area contributed by atoms with Crippen molar-refractivity contribution in [3.8, 4) is 11.8 Å². The minimum atomic E-state index is -4.46. The zero-order chi connectivity index (χ0) is 20.9. The van der Waals surface area contributed by atoms with Gasteiger partial charge in [-0.2, -0.15) is 13.2 Å². The van der Waals surface area contributed by atoms with E-state index in [1.165, 1.54) is 24.3 Å². The van der Waals surface area contributed by atoms with E-state index in [1.54, 1.807) is 19.0 Å². The highest BCUT2D eigenvalue weighted by Crippen LogP contribution is 2.29. The lowest BCUT2D eigenvalue weighted by molar-refractivity contribution is -0.384. The first kappa shape index (κ1) is 20.8. The third kappa shape index (κ3) is 5.23. The van der Waals surface area contributed by atoms with Crippen LogP contribution in [0.4, 0.5) is 24.5 Å². The van der Waals surface area contributed by atoms with Crippen LogP contribution in [-0.2, 0) is 6.18 Å². The highest BCUT2D eigenvalue weighted by atomic mass is 19.4. The molecule has 0 aliphatic carbocycles. The molecule has 0 atom stereocenters. The molecule has 28 heavy (non-hydrogen) atoms. The summed E-state index contributed by atoms with van der Waals surface area (Å²) in [5.74, 6) is 4.54. The molecule has 1 amide bonds. The van der Waals surface area contributed by atoms with Crippen LogP contribution in [0.15, 0.2) is 42.5 Å². The predicted octanol–water partition coefficient (Wildman–Crippen LogP) is 3.46. The summed E-state index contributed by atoms with van der Waals surface area (Å²) in [7, 11) is 3.37. The third-order valence-electron chi connectivity index (χ3n) is 3.68. The highest BCUT2D eigenvalue weighted by molar-refractivity contribution is 6.00. The van der Waals surface area contributed by atoms with E-state index in [0.717, 1.165) is 18.2 Å². The SMILES string of the molecule is CN(C)c1ccc([N+](=O)[O-])cc1C(=O)NCC#Cc1cccc(C(F)(F)F)c1. The number of nitrogens with zero attached hydrogens (tertiary/aromatic N) is 2. The smallest absolute Gasteiger partial charge is 0.377 e. The molecule has 0 spiro atoms. The summed E-state index contributed by atoms with van der Waals surface area (Å²) in [6.07, 6.45) is -4.46. The van der Waals surface area contributed by atoms with Crippen molar-refractivity contribution in [2.24, 2.45) is 0 Å². The zero-order valence-electron chi connectivity index (χ0n) is 15.0. The van der Waals surface area contributed by atoms with Gasteiger partial charge in [-0.3, -0.25) is 14.9 Å². The number of nitro groups is 1. The van der Waals surface area contributed by atoms with E-state index in [1.807, 2.05) is 0 Å². The first-order valence-electron chi connectivity index (χ1n) is 7.99. The highest BCUT2D eigenvalue weighted by Gasteiger charge is 2.30. The second kappa shape index (κ2) is 8.43.